The maximum atomic E-state index is 13.0. The van der Waals surface area contributed by atoms with Crippen LogP contribution in [-0.2, 0) is 26.0 Å². The molecular weight excluding hydrogens is 445 g/mol. The lowest BCUT2D eigenvalue weighted by atomic mass is 9.95. The Kier molecular flexibility index (Phi) is 4.52. The predicted molar refractivity (Wildman–Crippen MR) is 105 cm³/mol. The van der Waals surface area contributed by atoms with Gasteiger partial charge in [-0.15, -0.1) is 0 Å². The van der Waals surface area contributed by atoms with E-state index < -0.39 is 29.3 Å². The summed E-state index contributed by atoms with van der Waals surface area (Å²) in [6.07, 6.45) is -0.798. The molecule has 0 aromatic carbocycles. The van der Waals surface area contributed by atoms with E-state index in [9.17, 15) is 27.6 Å². The molecule has 0 bridgehead atoms. The maximum absolute atomic E-state index is 13.0. The highest BCUT2D eigenvalue weighted by Crippen LogP contribution is 2.37. The van der Waals surface area contributed by atoms with Crippen LogP contribution in [0.1, 0.15) is 24.3 Å². The Morgan fingerprint density at radius 2 is 2.03 bits per heavy atom. The number of hydrogen-bond acceptors (Lipinski definition) is 6. The molecule has 0 radical (unpaired) electrons. The van der Waals surface area contributed by atoms with Crippen LogP contribution in [-0.4, -0.2) is 47.9 Å². The molecule has 1 aliphatic carbocycles. The van der Waals surface area contributed by atoms with Gasteiger partial charge in [0.05, 0.1) is 19.4 Å². The van der Waals surface area contributed by atoms with Crippen LogP contribution in [0.3, 0.4) is 0 Å². The van der Waals surface area contributed by atoms with Crippen molar-refractivity contribution in [1.29, 1.82) is 0 Å². The summed E-state index contributed by atoms with van der Waals surface area (Å²) in [4.78, 5) is 42.8. The van der Waals surface area contributed by atoms with Crippen molar-refractivity contribution in [2.45, 2.75) is 24.6 Å². The lowest BCUT2D eigenvalue weighted by Gasteiger charge is -2.29. The number of imide groups is 1. The number of aromatic nitrogens is 1. The van der Waals surface area contributed by atoms with Gasteiger partial charge in [0.1, 0.15) is 17.0 Å². The van der Waals surface area contributed by atoms with Crippen LogP contribution in [0.5, 0.6) is 0 Å². The van der Waals surface area contributed by atoms with Crippen molar-refractivity contribution < 1.29 is 36.7 Å². The Bertz CT molecular complexity index is 1280. The van der Waals surface area contributed by atoms with Gasteiger partial charge in [-0.3, -0.25) is 19.9 Å². The number of nitrogens with one attached hydrogen (secondary N) is 2. The number of alkyl halides is 3. The van der Waals surface area contributed by atoms with Crippen LogP contribution in [0.25, 0.3) is 11.0 Å². The number of amides is 4. The molecule has 172 valence electrons. The second-order valence-electron chi connectivity index (χ2n) is 8.02. The van der Waals surface area contributed by atoms with Gasteiger partial charge in [-0.05, 0) is 24.1 Å². The van der Waals surface area contributed by atoms with Crippen molar-refractivity contribution in [2.75, 3.05) is 20.2 Å². The molecule has 1 fully saturated rings. The van der Waals surface area contributed by atoms with E-state index in [1.807, 2.05) is 0 Å². The highest BCUT2D eigenvalue weighted by molar-refractivity contribution is 6.08. The lowest BCUT2D eigenvalue weighted by molar-refractivity contribution is -0.141. The summed E-state index contributed by atoms with van der Waals surface area (Å²) in [5.74, 6) is -0.560. The molecule has 2 N–H and O–H groups in total. The Morgan fingerprint density at radius 1 is 1.24 bits per heavy atom. The van der Waals surface area contributed by atoms with E-state index in [0.717, 1.165) is 17.8 Å². The van der Waals surface area contributed by atoms with Gasteiger partial charge in [0.15, 0.2) is 5.54 Å². The van der Waals surface area contributed by atoms with Crippen molar-refractivity contribution in [3.63, 3.8) is 0 Å². The molecule has 5 rings (SSSR count). The zero-order valence-electron chi connectivity index (χ0n) is 17.2. The van der Waals surface area contributed by atoms with Crippen molar-refractivity contribution in [3.05, 3.63) is 52.8 Å². The van der Waals surface area contributed by atoms with E-state index in [1.165, 1.54) is 18.1 Å². The molecule has 0 saturated carbocycles. The molecular formula is C21H17F3N4O5. The third-order valence-electron chi connectivity index (χ3n) is 6.00. The second-order valence-corrected chi connectivity index (χ2v) is 8.02. The first-order valence-corrected chi connectivity index (χ1v) is 9.97. The summed E-state index contributed by atoms with van der Waals surface area (Å²) >= 11 is 0. The van der Waals surface area contributed by atoms with Gasteiger partial charge in [-0.2, -0.15) is 13.2 Å². The molecule has 4 amide bonds. The number of halogens is 3. The van der Waals surface area contributed by atoms with Crippen molar-refractivity contribution in [3.8, 4) is 0 Å². The molecule has 9 nitrogen and oxygen atoms in total. The molecule has 0 unspecified atom stereocenters. The smallest absolute Gasteiger partial charge is 0.433 e. The maximum Gasteiger partial charge on any atom is 0.433 e. The van der Waals surface area contributed by atoms with E-state index in [1.54, 1.807) is 6.08 Å². The molecule has 2 aliphatic heterocycles. The van der Waals surface area contributed by atoms with Gasteiger partial charge in [-0.25, -0.2) is 4.79 Å². The molecule has 2 aromatic rings. The quantitative estimate of drug-likeness (QED) is 0.675. The molecule has 12 heteroatoms. The Morgan fingerprint density at radius 3 is 2.70 bits per heavy atom. The van der Waals surface area contributed by atoms with E-state index in [0.29, 0.717) is 24.2 Å². The van der Waals surface area contributed by atoms with Crippen LogP contribution in [0.2, 0.25) is 0 Å². The number of carbonyl (C=O) groups is 3. The van der Waals surface area contributed by atoms with E-state index in [4.69, 9.17) is 9.15 Å². The fourth-order valence-electron chi connectivity index (χ4n) is 4.32. The first kappa shape index (κ1) is 21.0. The summed E-state index contributed by atoms with van der Waals surface area (Å²) in [6, 6.07) is 1.25. The number of nitrogens with zero attached hydrogens (tertiary/aromatic N) is 2. The van der Waals surface area contributed by atoms with Crippen molar-refractivity contribution >= 4 is 28.8 Å². The number of urea groups is 1. The third kappa shape index (κ3) is 3.33. The average Bonchev–Trinajstić information content (AvgIpc) is 3.41. The lowest BCUT2D eigenvalue weighted by Crippen LogP contribution is -2.53. The molecule has 2 aromatic heterocycles. The Labute approximate surface area is 184 Å². The number of methoxy groups -OCH3 is 1. The van der Waals surface area contributed by atoms with E-state index >= 15 is 0 Å². The minimum absolute atomic E-state index is 0.104. The molecule has 1 saturated heterocycles. The fourth-order valence-corrected chi connectivity index (χ4v) is 4.32. The number of carbonyl (C=O) groups excluding carboxylic acids is 3. The van der Waals surface area contributed by atoms with Crippen LogP contribution < -0.4 is 10.6 Å². The number of furan rings is 1. The number of ether oxygens (including phenoxy) is 1. The average molecular weight is 462 g/mol. The van der Waals surface area contributed by atoms with Crippen molar-refractivity contribution in [2.24, 2.45) is 0 Å². The summed E-state index contributed by atoms with van der Waals surface area (Å²) in [7, 11) is 1.52. The number of allylic oxidation sites excluding steroid dienone is 1. The number of pyridine rings is 1. The monoisotopic (exact) mass is 462 g/mol. The van der Waals surface area contributed by atoms with Crippen LogP contribution in [0.4, 0.5) is 18.0 Å². The largest absolute Gasteiger partial charge is 0.501 e. The van der Waals surface area contributed by atoms with Gasteiger partial charge in [0.25, 0.3) is 11.8 Å². The summed E-state index contributed by atoms with van der Waals surface area (Å²) in [6.45, 7) is -0.0293. The van der Waals surface area contributed by atoms with Gasteiger partial charge in [0.2, 0.25) is 0 Å². The number of fused-ring (bicyclic) bond motifs is 1. The molecule has 1 atom stereocenters. The normalized spacial score (nSPS) is 23.1. The topological polar surface area (TPSA) is 114 Å². The second kappa shape index (κ2) is 7.09. The molecule has 3 aliphatic rings. The van der Waals surface area contributed by atoms with Gasteiger partial charge in [0, 0.05) is 36.2 Å². The SMILES string of the molecule is COC1=CC2=C(CC1)CN(C[C@@]1(c3cc4cnc(C(F)(F)F)cc4o3)NC(=O)NC1=O)C2=O. The zero-order valence-corrected chi connectivity index (χ0v) is 17.2. The molecule has 33 heavy (non-hydrogen) atoms. The fraction of sp³-hybridized carbons (Fsp3) is 0.333. The minimum atomic E-state index is -4.68. The molecule has 4 heterocycles. The standard InChI is InChI=1S/C21H17F3N4O5/c1-32-12-3-2-10-8-28(17(29)13(10)5-12)9-20(18(30)26-19(31)27-20)16-4-11-7-25-15(21(22,23)24)6-14(11)33-16/h4-7H,2-3,8-9H2,1H3,(H2,26,27,30,31)/t20-/m0/s1. The van der Waals surface area contributed by atoms with Gasteiger partial charge < -0.3 is 19.4 Å². The highest BCUT2D eigenvalue weighted by atomic mass is 19.4. The van der Waals surface area contributed by atoms with E-state index in [-0.39, 0.29) is 35.7 Å². The number of hydrogen-bond donors (Lipinski definition) is 2. The van der Waals surface area contributed by atoms with Crippen molar-refractivity contribution in [1.82, 2.24) is 20.5 Å². The van der Waals surface area contributed by atoms with Gasteiger partial charge in [-0.1, -0.05) is 0 Å². The van der Waals surface area contributed by atoms with Gasteiger partial charge >= 0.3 is 12.2 Å². The Hall–Kier alpha value is -3.83. The predicted octanol–water partition coefficient (Wildman–Crippen LogP) is 2.34. The summed E-state index contributed by atoms with van der Waals surface area (Å²) in [5, 5.41) is 4.84. The van der Waals surface area contributed by atoms with Crippen LogP contribution in [0, 0.1) is 0 Å². The Balaban J connectivity index is 1.52. The summed E-state index contributed by atoms with van der Waals surface area (Å²) < 4.78 is 50.0. The third-order valence-corrected chi connectivity index (χ3v) is 6.00. The first-order valence-electron chi connectivity index (χ1n) is 9.97. The van der Waals surface area contributed by atoms with Crippen LogP contribution >= 0.6 is 0 Å². The van der Waals surface area contributed by atoms with E-state index in [2.05, 4.69) is 15.6 Å². The first-order chi connectivity index (χ1) is 15.6. The molecule has 0 spiro atoms. The van der Waals surface area contributed by atoms with Crippen LogP contribution in [0.15, 0.2) is 45.7 Å². The highest BCUT2D eigenvalue weighted by Gasteiger charge is 2.53. The zero-order chi connectivity index (χ0) is 23.5. The summed E-state index contributed by atoms with van der Waals surface area (Å²) in [5.41, 5.74) is -1.77. The number of rotatable bonds is 4. The minimum Gasteiger partial charge on any atom is -0.501 e.